The zero-order valence-electron chi connectivity index (χ0n) is 35.3. The van der Waals surface area contributed by atoms with Crippen LogP contribution >= 0.6 is 0 Å². The standard InChI is InChI=1S/C48H58N6O7/c1-31(2)24-41(46(58)50-32(3)47(59)54(4)42(26-34-18-10-6-11-19-34)48(60)61-30-35-20-12-7-13-21-35)52-44(56)29-43(55)40(25-33-16-8-5-9-17-33)53-45(57)38(49)28-37-27-36-22-14-15-23-39(36)51-37/h5-23,27,31-32,38,40-43,51,55H,24-26,28-30,49H2,1-4H3,(H,50,58)(H,52,56)(H,53,57)/t32-,38-,40-,41-,42+,43-/m0/s1. The number of likely N-dealkylation sites (N-methyl/N-ethyl adjacent to an activating group) is 1. The molecule has 5 aromatic rings. The number of nitrogens with one attached hydrogen (secondary N) is 4. The van der Waals surface area contributed by atoms with Crippen LogP contribution in [0.4, 0.5) is 0 Å². The summed E-state index contributed by atoms with van der Waals surface area (Å²) in [7, 11) is 1.50. The van der Waals surface area contributed by atoms with Gasteiger partial charge in [0.1, 0.15) is 24.7 Å². The molecule has 1 aromatic heterocycles. The molecule has 0 aliphatic rings. The molecule has 0 unspecified atom stereocenters. The van der Waals surface area contributed by atoms with Gasteiger partial charge >= 0.3 is 5.97 Å². The number of hydrogen-bond donors (Lipinski definition) is 6. The maximum absolute atomic E-state index is 13.8. The molecule has 322 valence electrons. The summed E-state index contributed by atoms with van der Waals surface area (Å²) in [5.74, 6) is -2.87. The molecule has 0 aliphatic carbocycles. The Morgan fingerprint density at radius 1 is 0.721 bits per heavy atom. The van der Waals surface area contributed by atoms with Crippen LogP contribution in [0.15, 0.2) is 121 Å². The van der Waals surface area contributed by atoms with E-state index in [1.807, 2.05) is 135 Å². The van der Waals surface area contributed by atoms with Crippen molar-refractivity contribution in [2.24, 2.45) is 11.7 Å². The predicted molar refractivity (Wildman–Crippen MR) is 235 cm³/mol. The molecule has 0 fully saturated rings. The molecule has 0 saturated heterocycles. The van der Waals surface area contributed by atoms with Crippen molar-refractivity contribution in [1.82, 2.24) is 25.8 Å². The summed E-state index contributed by atoms with van der Waals surface area (Å²) < 4.78 is 5.65. The van der Waals surface area contributed by atoms with Crippen molar-refractivity contribution in [3.8, 4) is 0 Å². The van der Waals surface area contributed by atoms with Crippen LogP contribution in [0, 0.1) is 5.92 Å². The second-order valence-corrected chi connectivity index (χ2v) is 16.0. The summed E-state index contributed by atoms with van der Waals surface area (Å²) in [4.78, 5) is 72.7. The number of H-pyrrole nitrogens is 1. The van der Waals surface area contributed by atoms with Crippen LogP contribution in [0.25, 0.3) is 10.9 Å². The monoisotopic (exact) mass is 830 g/mol. The molecule has 7 N–H and O–H groups in total. The number of aromatic nitrogens is 1. The number of rotatable bonds is 21. The molecule has 0 radical (unpaired) electrons. The third-order valence-electron chi connectivity index (χ3n) is 10.5. The lowest BCUT2D eigenvalue weighted by Gasteiger charge is -2.30. The first-order valence-corrected chi connectivity index (χ1v) is 20.7. The number of amides is 4. The van der Waals surface area contributed by atoms with E-state index in [-0.39, 0.29) is 38.2 Å². The van der Waals surface area contributed by atoms with Crippen molar-refractivity contribution in [3.63, 3.8) is 0 Å². The molecule has 1 heterocycles. The van der Waals surface area contributed by atoms with Gasteiger partial charge in [0, 0.05) is 31.1 Å². The van der Waals surface area contributed by atoms with E-state index >= 15 is 0 Å². The number of aliphatic hydroxyl groups is 1. The van der Waals surface area contributed by atoms with Gasteiger partial charge < -0.3 is 41.4 Å². The van der Waals surface area contributed by atoms with E-state index < -0.39 is 72.3 Å². The highest BCUT2D eigenvalue weighted by Crippen LogP contribution is 2.17. The van der Waals surface area contributed by atoms with E-state index in [0.29, 0.717) is 0 Å². The van der Waals surface area contributed by atoms with Crippen molar-refractivity contribution in [1.29, 1.82) is 0 Å². The number of carbonyl (C=O) groups is 5. The Morgan fingerprint density at radius 3 is 1.90 bits per heavy atom. The lowest BCUT2D eigenvalue weighted by molar-refractivity contribution is -0.156. The minimum Gasteiger partial charge on any atom is -0.459 e. The van der Waals surface area contributed by atoms with Crippen LogP contribution in [0.2, 0.25) is 0 Å². The number of esters is 1. The largest absolute Gasteiger partial charge is 0.459 e. The van der Waals surface area contributed by atoms with Gasteiger partial charge in [0.15, 0.2) is 0 Å². The van der Waals surface area contributed by atoms with Gasteiger partial charge in [-0.3, -0.25) is 19.2 Å². The van der Waals surface area contributed by atoms with Gasteiger partial charge in [-0.25, -0.2) is 4.79 Å². The Labute approximate surface area is 357 Å². The number of carbonyl (C=O) groups excluding carboxylic acids is 5. The summed E-state index contributed by atoms with van der Waals surface area (Å²) in [6.07, 6.45) is -0.907. The van der Waals surface area contributed by atoms with Gasteiger partial charge in [0.05, 0.1) is 24.6 Å². The van der Waals surface area contributed by atoms with Gasteiger partial charge in [-0.2, -0.15) is 0 Å². The number of nitrogens with two attached hydrogens (primary N) is 1. The first-order valence-electron chi connectivity index (χ1n) is 20.7. The average molecular weight is 831 g/mol. The normalized spacial score (nSPS) is 14.2. The number of benzene rings is 4. The van der Waals surface area contributed by atoms with Crippen molar-refractivity contribution in [2.45, 2.75) is 95.8 Å². The molecule has 0 bridgehead atoms. The highest BCUT2D eigenvalue weighted by Gasteiger charge is 2.34. The number of hydrogen-bond acceptors (Lipinski definition) is 8. The summed E-state index contributed by atoms with van der Waals surface area (Å²) >= 11 is 0. The fraction of sp³-hybridized carbons (Fsp3) is 0.354. The lowest BCUT2D eigenvalue weighted by atomic mass is 9.97. The van der Waals surface area contributed by atoms with E-state index in [9.17, 15) is 29.1 Å². The van der Waals surface area contributed by atoms with E-state index in [2.05, 4.69) is 20.9 Å². The fourth-order valence-electron chi connectivity index (χ4n) is 7.18. The number of nitrogens with zero attached hydrogens (tertiary/aromatic N) is 1. The molecule has 13 nitrogen and oxygen atoms in total. The predicted octanol–water partition coefficient (Wildman–Crippen LogP) is 4.36. The van der Waals surface area contributed by atoms with Gasteiger partial charge in [0.2, 0.25) is 23.6 Å². The number of para-hydroxylation sites is 1. The van der Waals surface area contributed by atoms with Crippen molar-refractivity contribution >= 4 is 40.5 Å². The first kappa shape index (κ1) is 45.8. The second-order valence-electron chi connectivity index (χ2n) is 16.0. The maximum Gasteiger partial charge on any atom is 0.329 e. The quantitative estimate of drug-likeness (QED) is 0.0587. The molecule has 0 spiro atoms. The molecule has 4 aromatic carbocycles. The number of aliphatic hydroxyl groups excluding tert-OH is 1. The third-order valence-corrected chi connectivity index (χ3v) is 10.5. The summed E-state index contributed by atoms with van der Waals surface area (Å²) in [5.41, 5.74) is 10.5. The van der Waals surface area contributed by atoms with Crippen LogP contribution in [0.3, 0.4) is 0 Å². The van der Waals surface area contributed by atoms with Crippen molar-refractivity contribution in [2.75, 3.05) is 7.05 Å². The van der Waals surface area contributed by atoms with Gasteiger partial charge in [-0.05, 0) is 59.9 Å². The van der Waals surface area contributed by atoms with E-state index in [1.165, 1.54) is 18.9 Å². The molecule has 13 heteroatoms. The Morgan fingerprint density at radius 2 is 1.30 bits per heavy atom. The van der Waals surface area contributed by atoms with E-state index in [0.717, 1.165) is 33.3 Å². The summed E-state index contributed by atoms with van der Waals surface area (Å²) in [6, 6.07) is 32.5. The highest BCUT2D eigenvalue weighted by atomic mass is 16.5. The van der Waals surface area contributed by atoms with Crippen molar-refractivity contribution in [3.05, 3.63) is 144 Å². The zero-order valence-corrected chi connectivity index (χ0v) is 35.3. The third kappa shape index (κ3) is 13.9. The smallest absolute Gasteiger partial charge is 0.329 e. The zero-order chi connectivity index (χ0) is 43.9. The number of aromatic amines is 1. The topological polar surface area (TPSA) is 196 Å². The Kier molecular flexibility index (Phi) is 16.8. The van der Waals surface area contributed by atoms with Crippen LogP contribution in [-0.4, -0.2) is 87.9 Å². The molecule has 4 amide bonds. The molecule has 6 atom stereocenters. The molecular formula is C48H58N6O7. The van der Waals surface area contributed by atoms with Gasteiger partial charge in [-0.1, -0.05) is 123 Å². The molecule has 5 rings (SSSR count). The van der Waals surface area contributed by atoms with E-state index in [4.69, 9.17) is 10.5 Å². The molecule has 61 heavy (non-hydrogen) atoms. The molecular weight excluding hydrogens is 773 g/mol. The van der Waals surface area contributed by atoms with Crippen LogP contribution in [0.1, 0.15) is 56.0 Å². The Balaban J connectivity index is 1.22. The van der Waals surface area contributed by atoms with Crippen LogP contribution < -0.4 is 21.7 Å². The summed E-state index contributed by atoms with van der Waals surface area (Å²) in [5, 5.41) is 20.8. The van der Waals surface area contributed by atoms with Crippen molar-refractivity contribution < 1.29 is 33.8 Å². The van der Waals surface area contributed by atoms with Gasteiger partial charge in [0.25, 0.3) is 0 Å². The fourth-order valence-corrected chi connectivity index (χ4v) is 7.18. The maximum atomic E-state index is 13.8. The minimum absolute atomic E-state index is 0.0310. The SMILES string of the molecule is CC(C)C[C@H](NC(=O)C[C@H](O)[C@H](Cc1ccccc1)NC(=O)[C@@H](N)Cc1cc2ccccc2[nH]1)C(=O)N[C@@H](C)C(=O)N(C)[C@H](Cc1ccccc1)C(=O)OCc1ccccc1. The highest BCUT2D eigenvalue weighted by molar-refractivity contribution is 5.93. The second kappa shape index (κ2) is 22.3. The first-order chi connectivity index (χ1) is 29.3. The van der Waals surface area contributed by atoms with Crippen LogP contribution in [-0.2, 0) is 54.6 Å². The minimum atomic E-state index is -1.34. The van der Waals surface area contributed by atoms with E-state index in [1.54, 1.807) is 0 Å². The lowest BCUT2D eigenvalue weighted by Crippen LogP contribution is -2.56. The molecule has 0 aliphatic heterocycles. The Bertz CT molecular complexity index is 2160. The Hall–Kier alpha value is -6.31. The summed E-state index contributed by atoms with van der Waals surface area (Å²) in [6.45, 7) is 5.33. The number of ether oxygens (including phenoxy) is 1. The molecule has 0 saturated carbocycles. The number of fused-ring (bicyclic) bond motifs is 1. The average Bonchev–Trinajstić information content (AvgIpc) is 3.67. The van der Waals surface area contributed by atoms with Gasteiger partial charge in [-0.15, -0.1) is 0 Å². The van der Waals surface area contributed by atoms with Crippen LogP contribution in [0.5, 0.6) is 0 Å².